The standard InChI is InChI=1S/C23H20N6O2S2/c30-20-11-16(25-22-29(20)18-7-1-2-8-19(18)33-22)14-32-23-27-26-21(15-5-3-9-24-12-15)28(23)13-17-6-4-10-31-17/h3-6,9-12H,1-2,7-8,13-14H2. The molecule has 0 fully saturated rings. The van der Waals surface area contributed by atoms with Crippen molar-refractivity contribution in [1.29, 1.82) is 0 Å². The van der Waals surface area contributed by atoms with Crippen LogP contribution in [-0.4, -0.2) is 29.1 Å². The molecule has 8 nitrogen and oxygen atoms in total. The van der Waals surface area contributed by atoms with Crippen LogP contribution in [0.25, 0.3) is 16.3 Å². The molecule has 10 heteroatoms. The SMILES string of the molecule is O=c1cc(CSc2nnc(-c3cccnc3)n2Cc2ccco2)nc2sc3c(n12)CCCC3. The highest BCUT2D eigenvalue weighted by Gasteiger charge is 2.20. The third-order valence-corrected chi connectivity index (χ3v) is 7.84. The molecule has 5 aromatic rings. The summed E-state index contributed by atoms with van der Waals surface area (Å²) in [6.07, 6.45) is 9.47. The maximum absolute atomic E-state index is 12.9. The molecule has 1 aliphatic carbocycles. The zero-order chi connectivity index (χ0) is 22.2. The highest BCUT2D eigenvalue weighted by molar-refractivity contribution is 7.98. The molecule has 0 atom stereocenters. The van der Waals surface area contributed by atoms with Crippen LogP contribution in [0, 0.1) is 0 Å². The van der Waals surface area contributed by atoms with Crippen LogP contribution in [0.1, 0.15) is 34.9 Å². The van der Waals surface area contributed by atoms with E-state index in [1.165, 1.54) is 23.1 Å². The zero-order valence-corrected chi connectivity index (χ0v) is 19.3. The fraction of sp³-hybridized carbons (Fsp3) is 0.261. The van der Waals surface area contributed by atoms with Crippen LogP contribution in [-0.2, 0) is 25.1 Å². The van der Waals surface area contributed by atoms with E-state index >= 15 is 0 Å². The molecule has 0 unspecified atom stereocenters. The molecule has 0 bridgehead atoms. The number of furan rings is 1. The molecule has 5 aromatic heterocycles. The first kappa shape index (κ1) is 20.4. The quantitative estimate of drug-likeness (QED) is 0.339. The molecule has 0 amide bonds. The molecule has 0 saturated heterocycles. The minimum atomic E-state index is 0.00287. The number of fused-ring (bicyclic) bond motifs is 3. The monoisotopic (exact) mass is 476 g/mol. The molecule has 33 heavy (non-hydrogen) atoms. The van der Waals surface area contributed by atoms with Gasteiger partial charge in [-0.15, -0.1) is 21.5 Å². The van der Waals surface area contributed by atoms with Crippen molar-refractivity contribution in [2.75, 3.05) is 0 Å². The average Bonchev–Trinajstić information content (AvgIpc) is 3.57. The first-order valence-electron chi connectivity index (χ1n) is 10.8. The predicted molar refractivity (Wildman–Crippen MR) is 127 cm³/mol. The number of hydrogen-bond donors (Lipinski definition) is 0. The van der Waals surface area contributed by atoms with Gasteiger partial charge in [-0.3, -0.25) is 18.7 Å². The van der Waals surface area contributed by atoms with E-state index in [1.54, 1.807) is 40.5 Å². The van der Waals surface area contributed by atoms with Crippen LogP contribution >= 0.6 is 23.1 Å². The van der Waals surface area contributed by atoms with Gasteiger partial charge in [-0.1, -0.05) is 11.8 Å². The van der Waals surface area contributed by atoms with Gasteiger partial charge in [-0.05, 0) is 49.9 Å². The number of thiazole rings is 1. The van der Waals surface area contributed by atoms with Crippen molar-refractivity contribution in [2.45, 2.75) is 43.1 Å². The van der Waals surface area contributed by atoms with E-state index in [9.17, 15) is 4.79 Å². The Labute approximate surface area is 197 Å². The molecular formula is C23H20N6O2S2. The van der Waals surface area contributed by atoms with Gasteiger partial charge in [-0.2, -0.15) is 0 Å². The largest absolute Gasteiger partial charge is 0.467 e. The molecule has 0 aromatic carbocycles. The van der Waals surface area contributed by atoms with Gasteiger partial charge in [0.05, 0.1) is 18.5 Å². The van der Waals surface area contributed by atoms with E-state index in [0.29, 0.717) is 12.3 Å². The maximum Gasteiger partial charge on any atom is 0.259 e. The van der Waals surface area contributed by atoms with E-state index in [2.05, 4.69) is 15.2 Å². The fourth-order valence-corrected chi connectivity index (χ4v) is 6.22. The summed E-state index contributed by atoms with van der Waals surface area (Å²) in [7, 11) is 0. The van der Waals surface area contributed by atoms with Crippen molar-refractivity contribution >= 4 is 28.1 Å². The third-order valence-electron chi connectivity index (χ3n) is 5.69. The molecule has 0 N–H and O–H groups in total. The van der Waals surface area contributed by atoms with Gasteiger partial charge < -0.3 is 4.42 Å². The van der Waals surface area contributed by atoms with Gasteiger partial charge in [0.25, 0.3) is 5.56 Å². The van der Waals surface area contributed by atoms with E-state index in [-0.39, 0.29) is 5.56 Å². The predicted octanol–water partition coefficient (Wildman–Crippen LogP) is 4.22. The lowest BCUT2D eigenvalue weighted by Crippen LogP contribution is -2.17. The van der Waals surface area contributed by atoms with Crippen LogP contribution in [0.3, 0.4) is 0 Å². The lowest BCUT2D eigenvalue weighted by molar-refractivity contribution is 0.485. The fourth-order valence-electron chi connectivity index (χ4n) is 4.16. The van der Waals surface area contributed by atoms with Crippen molar-refractivity contribution in [2.24, 2.45) is 0 Å². The van der Waals surface area contributed by atoms with Crippen LogP contribution < -0.4 is 5.56 Å². The second kappa shape index (κ2) is 8.60. The number of thioether (sulfide) groups is 1. The molecule has 6 rings (SSSR count). The second-order valence-corrected chi connectivity index (χ2v) is 9.89. The van der Waals surface area contributed by atoms with Gasteiger partial charge in [0, 0.05) is 40.3 Å². The molecule has 5 heterocycles. The minimum absolute atomic E-state index is 0.00287. The minimum Gasteiger partial charge on any atom is -0.467 e. The highest BCUT2D eigenvalue weighted by Crippen LogP contribution is 2.30. The Morgan fingerprint density at radius 1 is 1.15 bits per heavy atom. The summed E-state index contributed by atoms with van der Waals surface area (Å²) in [5.74, 6) is 2.05. The van der Waals surface area contributed by atoms with Crippen molar-refractivity contribution in [3.05, 3.63) is 81.4 Å². The van der Waals surface area contributed by atoms with Crippen molar-refractivity contribution < 1.29 is 4.42 Å². The Balaban J connectivity index is 1.32. The van der Waals surface area contributed by atoms with Gasteiger partial charge in [0.1, 0.15) is 5.76 Å². The number of nitrogens with zero attached hydrogens (tertiary/aromatic N) is 6. The Bertz CT molecular complexity index is 1470. The summed E-state index contributed by atoms with van der Waals surface area (Å²) in [5, 5.41) is 9.57. The Kier molecular flexibility index (Phi) is 5.31. The highest BCUT2D eigenvalue weighted by atomic mass is 32.2. The number of rotatable bonds is 6. The van der Waals surface area contributed by atoms with Crippen LogP contribution in [0.15, 0.2) is 63.4 Å². The van der Waals surface area contributed by atoms with Crippen LogP contribution in [0.4, 0.5) is 0 Å². The molecule has 0 radical (unpaired) electrons. The number of pyridine rings is 1. The summed E-state index contributed by atoms with van der Waals surface area (Å²) in [6.45, 7) is 0.499. The number of hydrogen-bond acceptors (Lipinski definition) is 8. The van der Waals surface area contributed by atoms with E-state index in [1.807, 2.05) is 28.8 Å². The van der Waals surface area contributed by atoms with Gasteiger partial charge in [0.15, 0.2) is 15.9 Å². The second-order valence-electron chi connectivity index (χ2n) is 7.88. The molecule has 0 spiro atoms. The summed E-state index contributed by atoms with van der Waals surface area (Å²) >= 11 is 3.16. The zero-order valence-electron chi connectivity index (χ0n) is 17.7. The average molecular weight is 477 g/mol. The third kappa shape index (κ3) is 3.89. The lowest BCUT2D eigenvalue weighted by atomic mass is 10.0. The van der Waals surface area contributed by atoms with Gasteiger partial charge in [-0.25, -0.2) is 4.98 Å². The molecule has 0 aliphatic heterocycles. The summed E-state index contributed by atoms with van der Waals surface area (Å²) in [6, 6.07) is 9.27. The maximum atomic E-state index is 12.9. The Hall–Kier alpha value is -3.24. The molecule has 166 valence electrons. The van der Waals surface area contributed by atoms with Crippen molar-refractivity contribution in [1.82, 2.24) is 29.1 Å². The first-order valence-corrected chi connectivity index (χ1v) is 12.6. The molecular weight excluding hydrogens is 456 g/mol. The van der Waals surface area contributed by atoms with Crippen LogP contribution in [0.2, 0.25) is 0 Å². The van der Waals surface area contributed by atoms with Gasteiger partial charge in [0.2, 0.25) is 0 Å². The summed E-state index contributed by atoms with van der Waals surface area (Å²) < 4.78 is 9.37. The topological polar surface area (TPSA) is 91.1 Å². The van der Waals surface area contributed by atoms with E-state index in [0.717, 1.165) is 57.9 Å². The van der Waals surface area contributed by atoms with E-state index in [4.69, 9.17) is 9.40 Å². The summed E-state index contributed by atoms with van der Waals surface area (Å²) in [4.78, 5) is 24.0. The molecule has 0 saturated carbocycles. The molecule has 1 aliphatic rings. The smallest absolute Gasteiger partial charge is 0.259 e. The lowest BCUT2D eigenvalue weighted by Gasteiger charge is -2.10. The normalized spacial score (nSPS) is 13.5. The van der Waals surface area contributed by atoms with Crippen molar-refractivity contribution in [3.8, 4) is 11.4 Å². The van der Waals surface area contributed by atoms with Crippen LogP contribution in [0.5, 0.6) is 0 Å². The summed E-state index contributed by atoms with van der Waals surface area (Å²) in [5.41, 5.74) is 2.78. The first-order chi connectivity index (χ1) is 16.3. The number of aryl methyl sites for hydroxylation is 2. The van der Waals surface area contributed by atoms with Gasteiger partial charge >= 0.3 is 0 Å². The number of aromatic nitrogens is 6. The van der Waals surface area contributed by atoms with Crippen molar-refractivity contribution in [3.63, 3.8) is 0 Å². The Morgan fingerprint density at radius 2 is 2.09 bits per heavy atom. The van der Waals surface area contributed by atoms with E-state index < -0.39 is 0 Å². The Morgan fingerprint density at radius 3 is 2.94 bits per heavy atom.